The molecule has 5 heteroatoms. The molecule has 84 valence electrons. The maximum absolute atomic E-state index is 11.2. The van der Waals surface area contributed by atoms with E-state index in [0.717, 1.165) is 5.56 Å². The van der Waals surface area contributed by atoms with E-state index in [2.05, 4.69) is 5.32 Å². The number of phenolic OH excluding ortho intramolecular Hbond substituents is 1. The summed E-state index contributed by atoms with van der Waals surface area (Å²) in [6, 6.07) is 6.56. The summed E-state index contributed by atoms with van der Waals surface area (Å²) in [7, 11) is 0. The van der Waals surface area contributed by atoms with Crippen LogP contribution < -0.4 is 11.1 Å². The zero-order chi connectivity index (χ0) is 10.4. The molecular formula is C10H15ClN2O2. The summed E-state index contributed by atoms with van der Waals surface area (Å²) in [5, 5.41) is 11.7. The topological polar surface area (TPSA) is 75.3 Å². The van der Waals surface area contributed by atoms with Crippen molar-refractivity contribution in [3.05, 3.63) is 29.8 Å². The second kappa shape index (κ2) is 7.09. The van der Waals surface area contributed by atoms with E-state index in [1.54, 1.807) is 24.3 Å². The van der Waals surface area contributed by atoms with E-state index in [1.165, 1.54) is 0 Å². The Morgan fingerprint density at radius 3 is 2.47 bits per heavy atom. The fraction of sp³-hybridized carbons (Fsp3) is 0.300. The molecule has 0 aliphatic rings. The smallest absolute Gasteiger partial charge is 0.224 e. The van der Waals surface area contributed by atoms with Crippen molar-refractivity contribution in [3.63, 3.8) is 0 Å². The third-order valence-electron chi connectivity index (χ3n) is 1.77. The predicted molar refractivity (Wildman–Crippen MR) is 61.1 cm³/mol. The first-order valence-electron chi connectivity index (χ1n) is 4.47. The molecule has 1 aromatic rings. The molecule has 0 aliphatic carbocycles. The number of benzene rings is 1. The van der Waals surface area contributed by atoms with Crippen LogP contribution in [0.15, 0.2) is 24.3 Å². The molecule has 1 amide bonds. The van der Waals surface area contributed by atoms with Crippen LogP contribution in [0.5, 0.6) is 5.75 Å². The van der Waals surface area contributed by atoms with E-state index >= 15 is 0 Å². The highest BCUT2D eigenvalue weighted by Crippen LogP contribution is 2.09. The number of nitrogens with two attached hydrogens (primary N) is 1. The zero-order valence-corrected chi connectivity index (χ0v) is 9.09. The number of amides is 1. The minimum Gasteiger partial charge on any atom is -0.508 e. The summed E-state index contributed by atoms with van der Waals surface area (Å²) in [5.74, 6) is 0.150. The van der Waals surface area contributed by atoms with Crippen molar-refractivity contribution in [3.8, 4) is 5.75 Å². The lowest BCUT2D eigenvalue weighted by atomic mass is 10.1. The van der Waals surface area contributed by atoms with E-state index in [1.807, 2.05) is 0 Å². The van der Waals surface area contributed by atoms with E-state index in [4.69, 9.17) is 10.8 Å². The summed E-state index contributed by atoms with van der Waals surface area (Å²) in [4.78, 5) is 11.2. The first-order valence-corrected chi connectivity index (χ1v) is 4.47. The van der Waals surface area contributed by atoms with Crippen LogP contribution in [-0.4, -0.2) is 24.1 Å². The largest absolute Gasteiger partial charge is 0.508 e. The van der Waals surface area contributed by atoms with Gasteiger partial charge in [0.25, 0.3) is 0 Å². The molecule has 15 heavy (non-hydrogen) atoms. The van der Waals surface area contributed by atoms with Crippen LogP contribution in [0.25, 0.3) is 0 Å². The highest BCUT2D eigenvalue weighted by molar-refractivity contribution is 5.85. The monoisotopic (exact) mass is 230 g/mol. The van der Waals surface area contributed by atoms with Crippen LogP contribution in [0.3, 0.4) is 0 Å². The van der Waals surface area contributed by atoms with Gasteiger partial charge in [-0.3, -0.25) is 4.79 Å². The van der Waals surface area contributed by atoms with Gasteiger partial charge in [-0.25, -0.2) is 0 Å². The Morgan fingerprint density at radius 2 is 1.93 bits per heavy atom. The van der Waals surface area contributed by atoms with Crippen LogP contribution in [0.2, 0.25) is 0 Å². The summed E-state index contributed by atoms with van der Waals surface area (Å²) in [5.41, 5.74) is 6.11. The Bertz CT molecular complexity index is 301. The molecule has 0 radical (unpaired) electrons. The Morgan fingerprint density at radius 1 is 1.33 bits per heavy atom. The van der Waals surface area contributed by atoms with Crippen molar-refractivity contribution in [1.82, 2.24) is 5.32 Å². The Kier molecular flexibility index (Phi) is 6.49. The van der Waals surface area contributed by atoms with Crippen LogP contribution in [0.4, 0.5) is 0 Å². The lowest BCUT2D eigenvalue weighted by Gasteiger charge is -2.03. The quantitative estimate of drug-likeness (QED) is 0.702. The van der Waals surface area contributed by atoms with E-state index in [-0.39, 0.29) is 24.1 Å². The van der Waals surface area contributed by atoms with Crippen molar-refractivity contribution < 1.29 is 9.90 Å². The number of rotatable bonds is 4. The van der Waals surface area contributed by atoms with Gasteiger partial charge in [-0.2, -0.15) is 0 Å². The summed E-state index contributed by atoms with van der Waals surface area (Å²) < 4.78 is 0. The molecule has 0 bridgehead atoms. The van der Waals surface area contributed by atoms with Crippen molar-refractivity contribution in [1.29, 1.82) is 0 Å². The highest BCUT2D eigenvalue weighted by atomic mass is 35.5. The standard InChI is InChI=1S/C10H14N2O2.ClH/c11-5-6-12-10(14)7-8-1-3-9(13)4-2-8;/h1-4,13H,5-7,11H2,(H,12,14);1H. The van der Waals surface area contributed by atoms with Crippen molar-refractivity contribution in [2.24, 2.45) is 5.73 Å². The van der Waals surface area contributed by atoms with Gasteiger partial charge in [0.1, 0.15) is 5.75 Å². The zero-order valence-electron chi connectivity index (χ0n) is 8.27. The third kappa shape index (κ3) is 5.24. The van der Waals surface area contributed by atoms with Gasteiger partial charge < -0.3 is 16.2 Å². The highest BCUT2D eigenvalue weighted by Gasteiger charge is 2.01. The maximum Gasteiger partial charge on any atom is 0.224 e. The van der Waals surface area contributed by atoms with Crippen LogP contribution >= 0.6 is 12.4 Å². The first kappa shape index (κ1) is 13.7. The first-order chi connectivity index (χ1) is 6.72. The lowest BCUT2D eigenvalue weighted by molar-refractivity contribution is -0.120. The van der Waals surface area contributed by atoms with Gasteiger partial charge >= 0.3 is 0 Å². The molecule has 0 saturated heterocycles. The second-order valence-corrected chi connectivity index (χ2v) is 2.98. The number of aromatic hydroxyl groups is 1. The third-order valence-corrected chi connectivity index (χ3v) is 1.77. The molecule has 1 aromatic carbocycles. The molecule has 0 unspecified atom stereocenters. The van der Waals surface area contributed by atoms with Crippen molar-refractivity contribution in [2.75, 3.05) is 13.1 Å². The fourth-order valence-electron chi connectivity index (χ4n) is 1.07. The number of phenols is 1. The maximum atomic E-state index is 11.2. The number of halogens is 1. The minimum atomic E-state index is -0.0545. The van der Waals surface area contributed by atoms with Gasteiger partial charge in [-0.1, -0.05) is 12.1 Å². The SMILES string of the molecule is Cl.NCCNC(=O)Cc1ccc(O)cc1. The molecule has 1 rings (SSSR count). The fourth-order valence-corrected chi connectivity index (χ4v) is 1.07. The van der Waals surface area contributed by atoms with Gasteiger partial charge in [0.05, 0.1) is 6.42 Å². The van der Waals surface area contributed by atoms with Gasteiger partial charge in [-0.15, -0.1) is 12.4 Å². The number of hydrogen-bond donors (Lipinski definition) is 3. The molecule has 0 heterocycles. The Labute approximate surface area is 94.9 Å². The lowest BCUT2D eigenvalue weighted by Crippen LogP contribution is -2.30. The molecule has 4 N–H and O–H groups in total. The van der Waals surface area contributed by atoms with E-state index < -0.39 is 0 Å². The molecule has 0 atom stereocenters. The summed E-state index contributed by atoms with van der Waals surface area (Å²) >= 11 is 0. The second-order valence-electron chi connectivity index (χ2n) is 2.98. The van der Waals surface area contributed by atoms with Crippen molar-refractivity contribution >= 4 is 18.3 Å². The molecule has 0 spiro atoms. The number of nitrogens with one attached hydrogen (secondary N) is 1. The van der Waals surface area contributed by atoms with Crippen molar-refractivity contribution in [2.45, 2.75) is 6.42 Å². The molecule has 0 aromatic heterocycles. The summed E-state index contributed by atoms with van der Waals surface area (Å²) in [6.07, 6.45) is 0.320. The molecule has 0 saturated carbocycles. The predicted octanol–water partition coefficient (Wildman–Crippen LogP) is 0.431. The van der Waals surface area contributed by atoms with Crippen LogP contribution in [0, 0.1) is 0 Å². The Hall–Kier alpha value is -1.26. The van der Waals surface area contributed by atoms with Crippen LogP contribution in [-0.2, 0) is 11.2 Å². The average Bonchev–Trinajstić information content (AvgIpc) is 2.18. The summed E-state index contributed by atoms with van der Waals surface area (Å²) in [6.45, 7) is 0.943. The molecule has 4 nitrogen and oxygen atoms in total. The van der Waals surface area contributed by atoms with E-state index in [9.17, 15) is 4.79 Å². The molecule has 0 aliphatic heterocycles. The number of carbonyl (C=O) groups is 1. The minimum absolute atomic E-state index is 0. The average molecular weight is 231 g/mol. The molecular weight excluding hydrogens is 216 g/mol. The normalized spacial score (nSPS) is 9.13. The van der Waals surface area contributed by atoms with Gasteiger partial charge in [0.2, 0.25) is 5.91 Å². The number of hydrogen-bond acceptors (Lipinski definition) is 3. The van der Waals surface area contributed by atoms with Gasteiger partial charge in [0.15, 0.2) is 0 Å². The van der Waals surface area contributed by atoms with Crippen LogP contribution in [0.1, 0.15) is 5.56 Å². The van der Waals surface area contributed by atoms with Gasteiger partial charge in [-0.05, 0) is 17.7 Å². The molecule has 0 fully saturated rings. The number of carbonyl (C=O) groups excluding carboxylic acids is 1. The van der Waals surface area contributed by atoms with Gasteiger partial charge in [0, 0.05) is 13.1 Å². The van der Waals surface area contributed by atoms with E-state index in [0.29, 0.717) is 19.5 Å². The Balaban J connectivity index is 0.00000196.